The lowest BCUT2D eigenvalue weighted by atomic mass is 10.1. The molecule has 1 nitrogen and oxygen atoms in total. The van der Waals surface area contributed by atoms with Gasteiger partial charge in [0.15, 0.2) is 11.6 Å². The van der Waals surface area contributed by atoms with E-state index < -0.39 is 11.6 Å². The highest BCUT2D eigenvalue weighted by atomic mass is 35.5. The van der Waals surface area contributed by atoms with Gasteiger partial charge in [-0.25, -0.2) is 8.78 Å². The van der Waals surface area contributed by atoms with Crippen LogP contribution in [0.25, 0.3) is 0 Å². The number of rotatable bonds is 6. The van der Waals surface area contributed by atoms with Crippen molar-refractivity contribution in [2.45, 2.75) is 46.2 Å². The molecular formula is C19H23Cl2F2N. The second kappa shape index (κ2) is 10.7. The Hall–Kier alpha value is -1.16. The van der Waals surface area contributed by atoms with Crippen LogP contribution in [0.15, 0.2) is 36.4 Å². The van der Waals surface area contributed by atoms with Crippen LogP contribution in [0.2, 0.25) is 10.0 Å². The van der Waals surface area contributed by atoms with Crippen LogP contribution in [0.4, 0.5) is 8.78 Å². The molecule has 0 fully saturated rings. The molecule has 0 saturated carbocycles. The molecule has 0 aliphatic rings. The molecule has 2 rings (SSSR count). The Balaban J connectivity index is 0.00000139. The van der Waals surface area contributed by atoms with E-state index in [1.807, 2.05) is 26.0 Å². The number of aryl methyl sites for hydroxylation is 1. The van der Waals surface area contributed by atoms with Crippen molar-refractivity contribution in [1.82, 2.24) is 5.32 Å². The number of hydrogen-bond donors (Lipinski definition) is 1. The predicted octanol–water partition coefficient (Wildman–Crippen LogP) is 6.41. The monoisotopic (exact) mass is 373 g/mol. The summed E-state index contributed by atoms with van der Waals surface area (Å²) in [4.78, 5) is 0. The average Bonchev–Trinajstić information content (AvgIpc) is 2.59. The highest BCUT2D eigenvalue weighted by molar-refractivity contribution is 6.42. The summed E-state index contributed by atoms with van der Waals surface area (Å²) in [5.74, 6) is -1.64. The minimum atomic E-state index is -0.823. The molecule has 1 atom stereocenters. The highest BCUT2D eigenvalue weighted by Crippen LogP contribution is 2.23. The summed E-state index contributed by atoms with van der Waals surface area (Å²) in [6.07, 6.45) is 1.77. The lowest BCUT2D eigenvalue weighted by Crippen LogP contribution is -2.26. The second-order valence-electron chi connectivity index (χ2n) is 5.32. The summed E-state index contributed by atoms with van der Waals surface area (Å²) in [5, 5.41) is 4.40. The van der Waals surface area contributed by atoms with Gasteiger partial charge in [0.25, 0.3) is 0 Å². The molecule has 0 heterocycles. The van der Waals surface area contributed by atoms with Gasteiger partial charge in [-0.15, -0.1) is 0 Å². The van der Waals surface area contributed by atoms with Crippen molar-refractivity contribution in [2.24, 2.45) is 0 Å². The van der Waals surface area contributed by atoms with E-state index in [1.165, 1.54) is 6.07 Å². The van der Waals surface area contributed by atoms with E-state index in [1.54, 1.807) is 12.1 Å². The van der Waals surface area contributed by atoms with Crippen LogP contribution in [0, 0.1) is 11.6 Å². The van der Waals surface area contributed by atoms with Gasteiger partial charge in [0.1, 0.15) is 0 Å². The molecule has 132 valence electrons. The van der Waals surface area contributed by atoms with Crippen LogP contribution >= 0.6 is 23.2 Å². The van der Waals surface area contributed by atoms with Crippen molar-refractivity contribution in [2.75, 3.05) is 0 Å². The van der Waals surface area contributed by atoms with Gasteiger partial charge in [-0.05, 0) is 55.2 Å². The average molecular weight is 374 g/mol. The SMILES string of the molecule is CC.C[C@H](CCc1ccc(Cl)c(Cl)c1)NCc1ccc(F)c(F)c1. The highest BCUT2D eigenvalue weighted by Gasteiger charge is 2.06. The first kappa shape index (κ1) is 20.9. The fraction of sp³-hybridized carbons (Fsp3) is 0.368. The molecule has 0 saturated heterocycles. The third-order valence-electron chi connectivity index (χ3n) is 3.49. The standard InChI is InChI=1S/C17H17Cl2F2N.C2H6/c1-11(2-3-12-4-6-14(18)15(19)8-12)22-10-13-5-7-16(20)17(21)9-13;1-2/h4-9,11,22H,2-3,10H2,1H3;1-2H3/t11-;/m1./s1. The van der Waals surface area contributed by atoms with E-state index in [0.29, 0.717) is 16.6 Å². The molecule has 0 aliphatic heterocycles. The van der Waals surface area contributed by atoms with Crippen molar-refractivity contribution < 1.29 is 8.78 Å². The Morgan fingerprint density at radius 3 is 2.21 bits per heavy atom. The first-order valence-electron chi connectivity index (χ1n) is 8.07. The van der Waals surface area contributed by atoms with Crippen molar-refractivity contribution >= 4 is 23.2 Å². The van der Waals surface area contributed by atoms with E-state index in [4.69, 9.17) is 23.2 Å². The molecule has 0 aromatic heterocycles. The van der Waals surface area contributed by atoms with Crippen LogP contribution in [-0.2, 0) is 13.0 Å². The summed E-state index contributed by atoms with van der Waals surface area (Å²) in [6.45, 7) is 6.55. The van der Waals surface area contributed by atoms with Gasteiger partial charge in [0, 0.05) is 12.6 Å². The van der Waals surface area contributed by atoms with Gasteiger partial charge in [0.2, 0.25) is 0 Å². The fourth-order valence-corrected chi connectivity index (χ4v) is 2.44. The van der Waals surface area contributed by atoms with Crippen molar-refractivity contribution in [1.29, 1.82) is 0 Å². The van der Waals surface area contributed by atoms with Crippen LogP contribution < -0.4 is 5.32 Å². The van der Waals surface area contributed by atoms with Gasteiger partial charge in [-0.1, -0.05) is 49.2 Å². The van der Waals surface area contributed by atoms with E-state index in [2.05, 4.69) is 12.2 Å². The smallest absolute Gasteiger partial charge is 0.159 e. The van der Waals surface area contributed by atoms with E-state index in [9.17, 15) is 8.78 Å². The Morgan fingerprint density at radius 2 is 1.58 bits per heavy atom. The zero-order chi connectivity index (χ0) is 18.1. The zero-order valence-electron chi connectivity index (χ0n) is 14.2. The molecule has 0 amide bonds. The molecule has 0 bridgehead atoms. The third kappa shape index (κ3) is 6.76. The summed E-state index contributed by atoms with van der Waals surface area (Å²) in [7, 11) is 0. The lowest BCUT2D eigenvalue weighted by molar-refractivity contribution is 0.496. The lowest BCUT2D eigenvalue weighted by Gasteiger charge is -2.14. The van der Waals surface area contributed by atoms with Gasteiger partial charge in [-0.3, -0.25) is 0 Å². The maximum Gasteiger partial charge on any atom is 0.159 e. The Kier molecular flexibility index (Phi) is 9.27. The molecule has 0 spiro atoms. The van der Waals surface area contributed by atoms with Crippen molar-refractivity contribution in [3.8, 4) is 0 Å². The molecule has 0 unspecified atom stereocenters. The Labute approximate surface area is 153 Å². The molecule has 2 aromatic rings. The van der Waals surface area contributed by atoms with E-state index >= 15 is 0 Å². The first-order chi connectivity index (χ1) is 11.5. The Bertz CT molecular complexity index is 592. The summed E-state index contributed by atoms with van der Waals surface area (Å²) >= 11 is 11.9. The summed E-state index contributed by atoms with van der Waals surface area (Å²) < 4.78 is 26.0. The van der Waals surface area contributed by atoms with E-state index in [-0.39, 0.29) is 6.04 Å². The molecule has 0 radical (unpaired) electrons. The number of benzene rings is 2. The summed E-state index contributed by atoms with van der Waals surface area (Å²) in [5.41, 5.74) is 1.84. The quantitative estimate of drug-likeness (QED) is 0.616. The van der Waals surface area contributed by atoms with Gasteiger partial charge >= 0.3 is 0 Å². The van der Waals surface area contributed by atoms with Gasteiger partial charge in [-0.2, -0.15) is 0 Å². The minimum absolute atomic E-state index is 0.238. The maximum atomic E-state index is 13.1. The van der Waals surface area contributed by atoms with Gasteiger partial charge < -0.3 is 5.32 Å². The van der Waals surface area contributed by atoms with Crippen molar-refractivity contribution in [3.63, 3.8) is 0 Å². The fourth-order valence-electron chi connectivity index (χ4n) is 2.12. The van der Waals surface area contributed by atoms with Crippen LogP contribution in [0.1, 0.15) is 38.3 Å². The molecule has 24 heavy (non-hydrogen) atoms. The zero-order valence-corrected chi connectivity index (χ0v) is 15.7. The van der Waals surface area contributed by atoms with E-state index in [0.717, 1.165) is 30.0 Å². The normalized spacial score (nSPS) is 11.6. The molecule has 2 aromatic carbocycles. The number of hydrogen-bond acceptors (Lipinski definition) is 1. The van der Waals surface area contributed by atoms with Crippen LogP contribution in [0.5, 0.6) is 0 Å². The largest absolute Gasteiger partial charge is 0.310 e. The van der Waals surface area contributed by atoms with Crippen LogP contribution in [-0.4, -0.2) is 6.04 Å². The van der Waals surface area contributed by atoms with Crippen molar-refractivity contribution in [3.05, 3.63) is 69.2 Å². The predicted molar refractivity (Wildman–Crippen MR) is 98.8 cm³/mol. The summed E-state index contributed by atoms with van der Waals surface area (Å²) in [6, 6.07) is 9.79. The third-order valence-corrected chi connectivity index (χ3v) is 4.23. The molecular weight excluding hydrogens is 351 g/mol. The minimum Gasteiger partial charge on any atom is -0.310 e. The number of halogens is 4. The van der Waals surface area contributed by atoms with Crippen LogP contribution in [0.3, 0.4) is 0 Å². The molecule has 0 aliphatic carbocycles. The maximum absolute atomic E-state index is 13.1. The topological polar surface area (TPSA) is 12.0 Å². The molecule has 5 heteroatoms. The second-order valence-corrected chi connectivity index (χ2v) is 6.13. The number of nitrogens with one attached hydrogen (secondary N) is 1. The molecule has 1 N–H and O–H groups in total. The first-order valence-corrected chi connectivity index (χ1v) is 8.82. The Morgan fingerprint density at radius 1 is 0.917 bits per heavy atom. The van der Waals surface area contributed by atoms with Gasteiger partial charge in [0.05, 0.1) is 10.0 Å².